The number of carbonyl (C=O) groups is 2. The number of amides is 2. The molecule has 3 aromatic rings. The van der Waals surface area contributed by atoms with Crippen LogP contribution in [0.3, 0.4) is 0 Å². The number of nitrogens with zero attached hydrogens (tertiary/aromatic N) is 1. The smallest absolute Gasteiger partial charge is 0.259 e. The van der Waals surface area contributed by atoms with Gasteiger partial charge in [0.1, 0.15) is 12.4 Å². The number of fused-ring (bicyclic) bond motifs is 1. The highest BCUT2D eigenvalue weighted by Crippen LogP contribution is 2.32. The molecular weight excluding hydrogens is 422 g/mol. The number of hydrazone groups is 1. The fourth-order valence-corrected chi connectivity index (χ4v) is 3.14. The average molecular weight is 445 g/mol. The van der Waals surface area contributed by atoms with Gasteiger partial charge in [0.2, 0.25) is 6.79 Å². The lowest BCUT2D eigenvalue weighted by molar-refractivity contribution is -0.120. The predicted octanol–water partition coefficient (Wildman–Crippen LogP) is 3.18. The maximum Gasteiger partial charge on any atom is 0.259 e. The van der Waals surface area contributed by atoms with Gasteiger partial charge in [0.25, 0.3) is 11.8 Å². The molecule has 8 heteroatoms. The molecule has 0 atom stereocenters. The van der Waals surface area contributed by atoms with E-state index in [2.05, 4.69) is 21.9 Å². The van der Waals surface area contributed by atoms with Crippen LogP contribution in [-0.4, -0.2) is 31.4 Å². The summed E-state index contributed by atoms with van der Waals surface area (Å²) in [6.45, 7) is 2.45. The minimum absolute atomic E-state index is 0.129. The van der Waals surface area contributed by atoms with E-state index in [4.69, 9.17) is 14.2 Å². The van der Waals surface area contributed by atoms with Crippen LogP contribution in [0, 0.1) is 6.92 Å². The zero-order chi connectivity index (χ0) is 23.0. The number of aryl methyl sites for hydroxylation is 1. The molecule has 0 aromatic heterocycles. The van der Waals surface area contributed by atoms with Crippen LogP contribution in [0.4, 0.5) is 0 Å². The maximum atomic E-state index is 12.2. The molecular formula is C25H23N3O5. The molecule has 8 nitrogen and oxygen atoms in total. The molecule has 1 aliphatic rings. The zero-order valence-electron chi connectivity index (χ0n) is 18.0. The van der Waals surface area contributed by atoms with Crippen LogP contribution in [0.2, 0.25) is 0 Å². The van der Waals surface area contributed by atoms with Crippen molar-refractivity contribution in [3.8, 4) is 17.2 Å². The number of nitrogens with one attached hydrogen (secondary N) is 2. The van der Waals surface area contributed by atoms with Gasteiger partial charge in [0, 0.05) is 5.56 Å². The van der Waals surface area contributed by atoms with Crippen molar-refractivity contribution < 1.29 is 23.8 Å². The summed E-state index contributed by atoms with van der Waals surface area (Å²) in [7, 11) is 0. The Hall–Kier alpha value is -4.33. The van der Waals surface area contributed by atoms with Crippen molar-refractivity contribution in [1.29, 1.82) is 0 Å². The Kier molecular flexibility index (Phi) is 6.84. The number of ether oxygens (including phenoxy) is 3. The van der Waals surface area contributed by atoms with Gasteiger partial charge in [-0.05, 0) is 60.5 Å². The van der Waals surface area contributed by atoms with Crippen LogP contribution in [0.5, 0.6) is 17.2 Å². The molecule has 168 valence electrons. The van der Waals surface area contributed by atoms with Crippen molar-refractivity contribution in [2.24, 2.45) is 5.10 Å². The molecule has 4 rings (SSSR count). The SMILES string of the molecule is Cc1cccc(COc2ccc(/C=N\NC(=O)CNC(=O)c3ccc4c(c3)OCO4)cc2)c1. The Morgan fingerprint density at radius 2 is 1.85 bits per heavy atom. The summed E-state index contributed by atoms with van der Waals surface area (Å²) in [6, 6.07) is 20.3. The van der Waals surface area contributed by atoms with Crippen LogP contribution < -0.4 is 25.0 Å². The summed E-state index contributed by atoms with van der Waals surface area (Å²) in [5.74, 6) is 0.990. The fourth-order valence-electron chi connectivity index (χ4n) is 3.14. The molecule has 0 unspecified atom stereocenters. The first-order chi connectivity index (χ1) is 16.1. The average Bonchev–Trinajstić information content (AvgIpc) is 3.30. The van der Waals surface area contributed by atoms with Gasteiger partial charge in [-0.2, -0.15) is 5.10 Å². The third kappa shape index (κ3) is 6.10. The van der Waals surface area contributed by atoms with Gasteiger partial charge in [-0.25, -0.2) is 5.43 Å². The second kappa shape index (κ2) is 10.3. The van der Waals surface area contributed by atoms with Crippen LogP contribution in [-0.2, 0) is 11.4 Å². The largest absolute Gasteiger partial charge is 0.489 e. The molecule has 2 N–H and O–H groups in total. The van der Waals surface area contributed by atoms with E-state index in [-0.39, 0.29) is 13.3 Å². The van der Waals surface area contributed by atoms with Gasteiger partial charge >= 0.3 is 0 Å². The van der Waals surface area contributed by atoms with Crippen LogP contribution in [0.25, 0.3) is 0 Å². The number of benzene rings is 3. The Morgan fingerprint density at radius 1 is 1.03 bits per heavy atom. The maximum absolute atomic E-state index is 12.2. The monoisotopic (exact) mass is 445 g/mol. The van der Waals surface area contributed by atoms with Gasteiger partial charge in [-0.3, -0.25) is 9.59 Å². The first-order valence-corrected chi connectivity index (χ1v) is 10.3. The quantitative estimate of drug-likeness (QED) is 0.410. The van der Waals surface area contributed by atoms with E-state index in [1.165, 1.54) is 11.8 Å². The van der Waals surface area contributed by atoms with Crippen LogP contribution in [0.1, 0.15) is 27.0 Å². The van der Waals surface area contributed by atoms with E-state index in [1.807, 2.05) is 49.4 Å². The Morgan fingerprint density at radius 3 is 2.67 bits per heavy atom. The van der Waals surface area contributed by atoms with Crippen molar-refractivity contribution in [3.05, 3.63) is 89.0 Å². The second-order valence-electron chi connectivity index (χ2n) is 7.39. The van der Waals surface area contributed by atoms with Crippen molar-refractivity contribution in [2.75, 3.05) is 13.3 Å². The Balaban J connectivity index is 1.20. The molecule has 1 aliphatic heterocycles. The van der Waals surface area contributed by atoms with Crippen molar-refractivity contribution in [3.63, 3.8) is 0 Å². The minimum Gasteiger partial charge on any atom is -0.489 e. The highest BCUT2D eigenvalue weighted by molar-refractivity contribution is 5.97. The number of hydrogen-bond acceptors (Lipinski definition) is 6. The number of rotatable bonds is 8. The Bertz CT molecular complexity index is 1170. The fraction of sp³-hybridized carbons (Fsp3) is 0.160. The molecule has 0 spiro atoms. The van der Waals surface area contributed by atoms with Gasteiger partial charge in [-0.1, -0.05) is 29.8 Å². The molecule has 0 aliphatic carbocycles. The first-order valence-electron chi connectivity index (χ1n) is 10.3. The second-order valence-corrected chi connectivity index (χ2v) is 7.39. The molecule has 0 bridgehead atoms. The molecule has 0 saturated carbocycles. The number of carbonyl (C=O) groups excluding carboxylic acids is 2. The summed E-state index contributed by atoms with van der Waals surface area (Å²) in [5, 5.41) is 6.46. The van der Waals surface area contributed by atoms with E-state index in [1.54, 1.807) is 18.2 Å². The third-order valence-electron chi connectivity index (χ3n) is 4.82. The number of hydrogen-bond donors (Lipinski definition) is 2. The lowest BCUT2D eigenvalue weighted by Crippen LogP contribution is -2.34. The van der Waals surface area contributed by atoms with Gasteiger partial charge in [0.15, 0.2) is 11.5 Å². The molecule has 33 heavy (non-hydrogen) atoms. The van der Waals surface area contributed by atoms with Crippen LogP contribution in [0.15, 0.2) is 71.8 Å². The standard InChI is InChI=1S/C25H23N3O5/c1-17-3-2-4-19(11-17)15-31-21-8-5-18(6-9-21)13-27-28-24(29)14-26-25(30)20-7-10-22-23(12-20)33-16-32-22/h2-13H,14-16H2,1H3,(H,26,30)(H,28,29)/b27-13-. The molecule has 2 amide bonds. The Labute approximate surface area is 191 Å². The topological polar surface area (TPSA) is 98.2 Å². The van der Waals surface area contributed by atoms with Crippen LogP contribution >= 0.6 is 0 Å². The van der Waals surface area contributed by atoms with Gasteiger partial charge in [0.05, 0.1) is 12.8 Å². The summed E-state index contributed by atoms with van der Waals surface area (Å²) in [6.07, 6.45) is 1.52. The minimum atomic E-state index is -0.446. The molecule has 3 aromatic carbocycles. The van der Waals surface area contributed by atoms with E-state index < -0.39 is 11.8 Å². The van der Waals surface area contributed by atoms with Gasteiger partial charge in [-0.15, -0.1) is 0 Å². The van der Waals surface area contributed by atoms with Crippen molar-refractivity contribution in [2.45, 2.75) is 13.5 Å². The molecule has 0 saturated heterocycles. The van der Waals surface area contributed by atoms with E-state index in [9.17, 15) is 9.59 Å². The zero-order valence-corrected chi connectivity index (χ0v) is 18.0. The van der Waals surface area contributed by atoms with E-state index >= 15 is 0 Å². The summed E-state index contributed by atoms with van der Waals surface area (Å²) in [5.41, 5.74) is 5.85. The summed E-state index contributed by atoms with van der Waals surface area (Å²) < 4.78 is 16.2. The van der Waals surface area contributed by atoms with E-state index in [0.717, 1.165) is 16.9 Å². The normalized spacial score (nSPS) is 11.9. The van der Waals surface area contributed by atoms with Gasteiger partial charge < -0.3 is 19.5 Å². The highest BCUT2D eigenvalue weighted by Gasteiger charge is 2.16. The first kappa shape index (κ1) is 21.9. The third-order valence-corrected chi connectivity index (χ3v) is 4.82. The summed E-state index contributed by atoms with van der Waals surface area (Å²) >= 11 is 0. The highest BCUT2D eigenvalue weighted by atomic mass is 16.7. The lowest BCUT2D eigenvalue weighted by atomic mass is 10.1. The molecule has 0 radical (unpaired) electrons. The molecule has 1 heterocycles. The summed E-state index contributed by atoms with van der Waals surface area (Å²) in [4.78, 5) is 24.1. The lowest BCUT2D eigenvalue weighted by Gasteiger charge is -2.07. The van der Waals surface area contributed by atoms with Crippen molar-refractivity contribution in [1.82, 2.24) is 10.7 Å². The van der Waals surface area contributed by atoms with Crippen molar-refractivity contribution >= 4 is 18.0 Å². The molecule has 0 fully saturated rings. The van der Waals surface area contributed by atoms with E-state index in [0.29, 0.717) is 23.7 Å². The predicted molar refractivity (Wildman–Crippen MR) is 123 cm³/mol.